The molecular formula is C20H23NO5S. The number of sulfonamides is 1. The van der Waals surface area contributed by atoms with Gasteiger partial charge in [-0.25, -0.2) is 8.42 Å². The van der Waals surface area contributed by atoms with Crippen molar-refractivity contribution in [3.8, 4) is 11.5 Å². The molecule has 0 aromatic heterocycles. The Hall–Kier alpha value is -2.38. The standard InChI is InChI=1S/C20H23NO5S/c1-13(2)19-20(22)16-11-18(26-4)17(25-3)10-14(16)12-21(19)27(23,24)15-8-6-5-7-9-15/h5-11,13,19H,12H2,1-4H3/t19-/m0/s1. The minimum atomic E-state index is -3.83. The summed E-state index contributed by atoms with van der Waals surface area (Å²) in [5, 5.41) is 0. The van der Waals surface area contributed by atoms with Crippen LogP contribution in [0.15, 0.2) is 47.4 Å². The SMILES string of the molecule is COc1cc2c(cc1OC)C(=O)[C@H](C(C)C)N(S(=O)(=O)c1ccccc1)C2. The van der Waals surface area contributed by atoms with Gasteiger partial charge in [0.2, 0.25) is 10.0 Å². The molecule has 0 bridgehead atoms. The number of ketones is 1. The van der Waals surface area contributed by atoms with Crippen LogP contribution in [0.2, 0.25) is 0 Å². The molecule has 0 saturated carbocycles. The van der Waals surface area contributed by atoms with Crippen LogP contribution in [0.3, 0.4) is 0 Å². The monoisotopic (exact) mass is 389 g/mol. The molecule has 0 unspecified atom stereocenters. The summed E-state index contributed by atoms with van der Waals surface area (Å²) >= 11 is 0. The van der Waals surface area contributed by atoms with Crippen molar-refractivity contribution in [2.45, 2.75) is 31.3 Å². The van der Waals surface area contributed by atoms with Crippen LogP contribution in [0.4, 0.5) is 0 Å². The summed E-state index contributed by atoms with van der Waals surface area (Å²) in [4.78, 5) is 13.4. The molecule has 2 aromatic carbocycles. The number of benzene rings is 2. The Morgan fingerprint density at radius 2 is 1.63 bits per heavy atom. The second-order valence-electron chi connectivity index (χ2n) is 6.78. The van der Waals surface area contributed by atoms with Gasteiger partial charge in [0.25, 0.3) is 0 Å². The fourth-order valence-electron chi connectivity index (χ4n) is 3.44. The Balaban J connectivity index is 2.16. The van der Waals surface area contributed by atoms with Crippen LogP contribution in [0, 0.1) is 5.92 Å². The number of carbonyl (C=O) groups is 1. The van der Waals surface area contributed by atoms with E-state index in [-0.39, 0.29) is 23.1 Å². The average molecular weight is 389 g/mol. The Kier molecular flexibility index (Phi) is 5.26. The fourth-order valence-corrected chi connectivity index (χ4v) is 5.15. The number of rotatable bonds is 5. The zero-order chi connectivity index (χ0) is 19.8. The molecule has 1 aliphatic rings. The van der Waals surface area contributed by atoms with Crippen LogP contribution in [0.5, 0.6) is 11.5 Å². The van der Waals surface area contributed by atoms with Gasteiger partial charge < -0.3 is 9.47 Å². The Bertz CT molecular complexity index is 954. The Morgan fingerprint density at radius 1 is 1.04 bits per heavy atom. The van der Waals surface area contributed by atoms with E-state index >= 15 is 0 Å². The molecule has 1 atom stereocenters. The first kappa shape index (κ1) is 19.4. The number of ether oxygens (including phenoxy) is 2. The average Bonchev–Trinajstić information content (AvgIpc) is 2.67. The van der Waals surface area contributed by atoms with Gasteiger partial charge in [-0.3, -0.25) is 4.79 Å². The van der Waals surface area contributed by atoms with Crippen molar-refractivity contribution in [1.82, 2.24) is 4.31 Å². The highest BCUT2D eigenvalue weighted by Crippen LogP contribution is 2.38. The van der Waals surface area contributed by atoms with Gasteiger partial charge in [-0.05, 0) is 35.7 Å². The van der Waals surface area contributed by atoms with Crippen LogP contribution in [-0.4, -0.2) is 38.8 Å². The van der Waals surface area contributed by atoms with Gasteiger partial charge in [-0.15, -0.1) is 0 Å². The second-order valence-corrected chi connectivity index (χ2v) is 8.67. The first-order valence-electron chi connectivity index (χ1n) is 8.67. The lowest BCUT2D eigenvalue weighted by Crippen LogP contribution is -2.50. The molecule has 3 rings (SSSR count). The van der Waals surface area contributed by atoms with E-state index in [9.17, 15) is 13.2 Å². The molecule has 0 aliphatic carbocycles. The predicted molar refractivity (Wildman–Crippen MR) is 102 cm³/mol. The number of methoxy groups -OCH3 is 2. The molecule has 2 aromatic rings. The van der Waals surface area contributed by atoms with Crippen molar-refractivity contribution < 1.29 is 22.7 Å². The maximum Gasteiger partial charge on any atom is 0.244 e. The van der Waals surface area contributed by atoms with Gasteiger partial charge in [0.1, 0.15) is 0 Å². The lowest BCUT2D eigenvalue weighted by molar-refractivity contribution is 0.0822. The van der Waals surface area contributed by atoms with Crippen molar-refractivity contribution in [2.75, 3.05) is 14.2 Å². The molecule has 27 heavy (non-hydrogen) atoms. The Labute approximate surface area is 159 Å². The smallest absolute Gasteiger partial charge is 0.244 e. The molecule has 0 fully saturated rings. The second kappa shape index (κ2) is 7.32. The minimum Gasteiger partial charge on any atom is -0.493 e. The van der Waals surface area contributed by atoms with Gasteiger partial charge in [-0.2, -0.15) is 4.31 Å². The van der Waals surface area contributed by atoms with E-state index in [4.69, 9.17) is 9.47 Å². The molecule has 144 valence electrons. The first-order valence-corrected chi connectivity index (χ1v) is 10.1. The van der Waals surface area contributed by atoms with Gasteiger partial charge in [0, 0.05) is 12.1 Å². The van der Waals surface area contributed by atoms with Gasteiger partial charge >= 0.3 is 0 Å². The molecule has 0 N–H and O–H groups in total. The van der Waals surface area contributed by atoms with E-state index in [0.29, 0.717) is 22.6 Å². The fraction of sp³-hybridized carbons (Fsp3) is 0.350. The number of nitrogens with zero attached hydrogens (tertiary/aromatic N) is 1. The summed E-state index contributed by atoms with van der Waals surface area (Å²) in [5.74, 6) is 0.500. The molecule has 1 aliphatic heterocycles. The Morgan fingerprint density at radius 3 is 2.19 bits per heavy atom. The largest absolute Gasteiger partial charge is 0.493 e. The molecule has 6 nitrogen and oxygen atoms in total. The summed E-state index contributed by atoms with van der Waals surface area (Å²) in [6, 6.07) is 10.7. The highest BCUT2D eigenvalue weighted by molar-refractivity contribution is 7.89. The summed E-state index contributed by atoms with van der Waals surface area (Å²) in [6.07, 6.45) is 0. The predicted octanol–water partition coefficient (Wildman–Crippen LogP) is 3.12. The maximum atomic E-state index is 13.3. The molecule has 0 spiro atoms. The van der Waals surface area contributed by atoms with Crippen LogP contribution in [0.1, 0.15) is 29.8 Å². The van der Waals surface area contributed by atoms with Crippen LogP contribution >= 0.6 is 0 Å². The van der Waals surface area contributed by atoms with E-state index in [0.717, 1.165) is 0 Å². The van der Waals surface area contributed by atoms with Crippen molar-refractivity contribution in [1.29, 1.82) is 0 Å². The zero-order valence-corrected chi connectivity index (χ0v) is 16.6. The molecule has 0 radical (unpaired) electrons. The van der Waals surface area contributed by atoms with Crippen molar-refractivity contribution in [2.24, 2.45) is 5.92 Å². The third-order valence-electron chi connectivity index (χ3n) is 4.76. The lowest BCUT2D eigenvalue weighted by atomic mass is 9.88. The zero-order valence-electron chi connectivity index (χ0n) is 15.8. The molecule has 0 amide bonds. The highest BCUT2D eigenvalue weighted by atomic mass is 32.2. The number of fused-ring (bicyclic) bond motifs is 1. The van der Waals surface area contributed by atoms with E-state index in [2.05, 4.69) is 0 Å². The van der Waals surface area contributed by atoms with Crippen LogP contribution in [0.25, 0.3) is 0 Å². The van der Waals surface area contributed by atoms with Gasteiger partial charge in [-0.1, -0.05) is 32.0 Å². The summed E-state index contributed by atoms with van der Waals surface area (Å²) in [6.45, 7) is 3.80. The van der Waals surface area contributed by atoms with E-state index in [1.165, 1.54) is 18.5 Å². The van der Waals surface area contributed by atoms with Crippen molar-refractivity contribution in [3.05, 3.63) is 53.6 Å². The maximum absolute atomic E-state index is 13.3. The highest BCUT2D eigenvalue weighted by Gasteiger charge is 2.43. The normalized spacial score (nSPS) is 17.7. The topological polar surface area (TPSA) is 72.9 Å². The van der Waals surface area contributed by atoms with Crippen molar-refractivity contribution in [3.63, 3.8) is 0 Å². The molecule has 1 heterocycles. The molecule has 0 saturated heterocycles. The number of hydrogen-bond acceptors (Lipinski definition) is 5. The van der Waals surface area contributed by atoms with Crippen LogP contribution in [-0.2, 0) is 16.6 Å². The first-order chi connectivity index (χ1) is 12.8. The summed E-state index contributed by atoms with van der Waals surface area (Å²) in [5.41, 5.74) is 1.08. The minimum absolute atomic E-state index is 0.0987. The third kappa shape index (κ3) is 3.33. The third-order valence-corrected chi connectivity index (χ3v) is 6.60. The van der Waals surface area contributed by atoms with Crippen LogP contribution < -0.4 is 9.47 Å². The van der Waals surface area contributed by atoms with Gasteiger partial charge in [0.15, 0.2) is 17.3 Å². The van der Waals surface area contributed by atoms with E-state index in [1.807, 2.05) is 13.8 Å². The van der Waals surface area contributed by atoms with Gasteiger partial charge in [0.05, 0.1) is 25.2 Å². The number of carbonyl (C=O) groups excluding carboxylic acids is 1. The van der Waals surface area contributed by atoms with Crippen molar-refractivity contribution >= 4 is 15.8 Å². The summed E-state index contributed by atoms with van der Waals surface area (Å²) in [7, 11) is -0.819. The quantitative estimate of drug-likeness (QED) is 0.786. The van der Waals surface area contributed by atoms with E-state index in [1.54, 1.807) is 42.5 Å². The molecule has 7 heteroatoms. The number of Topliss-reactive ketones (excluding diaryl/α,β-unsaturated/α-hetero) is 1. The lowest BCUT2D eigenvalue weighted by Gasteiger charge is -2.37. The molecular weight excluding hydrogens is 366 g/mol. The number of hydrogen-bond donors (Lipinski definition) is 0. The van der Waals surface area contributed by atoms with E-state index < -0.39 is 16.1 Å². The summed E-state index contributed by atoms with van der Waals surface area (Å²) < 4.78 is 38.4.